The minimum atomic E-state index is -1.83. The van der Waals surface area contributed by atoms with Crippen molar-refractivity contribution in [1.82, 2.24) is 5.01 Å². The van der Waals surface area contributed by atoms with E-state index in [2.05, 4.69) is 33.9 Å². The maximum absolute atomic E-state index is 13.5. The zero-order valence-electron chi connectivity index (χ0n) is 20.2. The van der Waals surface area contributed by atoms with Gasteiger partial charge in [-0.15, -0.1) is 0 Å². The quantitative estimate of drug-likeness (QED) is 0.498. The molecule has 5 unspecified atom stereocenters. The average molecular weight is 451 g/mol. The average Bonchev–Trinajstić information content (AvgIpc) is 3.32. The first kappa shape index (κ1) is 23.4. The Kier molecular flexibility index (Phi) is 6.97. The second kappa shape index (κ2) is 9.24. The number of carbonyl (C=O) groups is 1. The molecule has 5 atom stereocenters. The molecule has 1 saturated heterocycles. The second-order valence-electron chi connectivity index (χ2n) is 11.5. The number of hydrazone groups is 1. The zero-order valence-corrected chi connectivity index (χ0v) is 21.2. The van der Waals surface area contributed by atoms with E-state index in [1.54, 1.807) is 5.01 Å². The lowest BCUT2D eigenvalue weighted by Crippen LogP contribution is -2.49. The summed E-state index contributed by atoms with van der Waals surface area (Å²) < 4.78 is 18.1. The Morgan fingerprint density at radius 3 is 2.68 bits per heavy atom. The first-order valence-corrected chi connectivity index (χ1v) is 15.3. The molecule has 0 aromatic heterocycles. The molecule has 31 heavy (non-hydrogen) atoms. The molecule has 2 aliphatic carbocycles. The van der Waals surface area contributed by atoms with Crippen LogP contribution in [0.2, 0.25) is 18.1 Å². The van der Waals surface area contributed by atoms with Crippen LogP contribution >= 0.6 is 0 Å². The van der Waals surface area contributed by atoms with Gasteiger partial charge in [0.2, 0.25) is 5.91 Å². The molecule has 0 radical (unpaired) electrons. The highest BCUT2D eigenvalue weighted by atomic mass is 28.4. The third-order valence-electron chi connectivity index (χ3n) is 8.42. The highest BCUT2D eigenvalue weighted by Gasteiger charge is 2.53. The van der Waals surface area contributed by atoms with Gasteiger partial charge in [-0.3, -0.25) is 4.79 Å². The molecule has 3 fully saturated rings. The van der Waals surface area contributed by atoms with Gasteiger partial charge < -0.3 is 13.9 Å². The summed E-state index contributed by atoms with van der Waals surface area (Å²) in [5, 5.41) is 6.81. The van der Waals surface area contributed by atoms with E-state index in [0.29, 0.717) is 37.5 Å². The second-order valence-corrected chi connectivity index (χ2v) is 16.3. The first-order valence-electron chi connectivity index (χ1n) is 12.4. The van der Waals surface area contributed by atoms with Gasteiger partial charge in [0.15, 0.2) is 14.6 Å². The van der Waals surface area contributed by atoms with Gasteiger partial charge in [-0.2, -0.15) is 5.10 Å². The third kappa shape index (κ3) is 4.94. The summed E-state index contributed by atoms with van der Waals surface area (Å²) in [7, 11) is -1.83. The first-order chi connectivity index (χ1) is 14.7. The van der Waals surface area contributed by atoms with Gasteiger partial charge in [0.05, 0.1) is 25.7 Å². The summed E-state index contributed by atoms with van der Waals surface area (Å²) in [5.41, 5.74) is 1.29. The fourth-order valence-corrected chi connectivity index (χ4v) is 6.61. The highest BCUT2D eigenvalue weighted by Crippen LogP contribution is 2.52. The van der Waals surface area contributed by atoms with Crippen LogP contribution in [0.15, 0.2) is 5.10 Å². The van der Waals surface area contributed by atoms with E-state index in [-0.39, 0.29) is 23.2 Å². The Labute approximate surface area is 189 Å². The van der Waals surface area contributed by atoms with Crippen LogP contribution in [0.4, 0.5) is 0 Å². The van der Waals surface area contributed by atoms with Crippen molar-refractivity contribution in [2.75, 3.05) is 26.4 Å². The minimum Gasteiger partial charge on any atom is -0.415 e. The van der Waals surface area contributed by atoms with Gasteiger partial charge in [-0.1, -0.05) is 20.8 Å². The van der Waals surface area contributed by atoms with E-state index >= 15 is 0 Å². The summed E-state index contributed by atoms with van der Waals surface area (Å²) in [6.45, 7) is 13.8. The molecule has 6 nitrogen and oxygen atoms in total. The van der Waals surface area contributed by atoms with E-state index in [4.69, 9.17) is 19.0 Å². The fourth-order valence-electron chi connectivity index (χ4n) is 5.58. The van der Waals surface area contributed by atoms with Crippen LogP contribution in [-0.4, -0.2) is 57.6 Å². The van der Waals surface area contributed by atoms with Crippen molar-refractivity contribution >= 4 is 19.9 Å². The summed E-state index contributed by atoms with van der Waals surface area (Å²) in [5.74, 6) is 1.72. The Morgan fingerprint density at radius 1 is 1.16 bits per heavy atom. The van der Waals surface area contributed by atoms with Crippen molar-refractivity contribution in [2.45, 2.75) is 90.1 Å². The Bertz CT molecular complexity index is 684. The Hall–Kier alpha value is -0.763. The molecule has 4 rings (SSSR count). The van der Waals surface area contributed by atoms with E-state index < -0.39 is 8.32 Å². The predicted molar refractivity (Wildman–Crippen MR) is 124 cm³/mol. The van der Waals surface area contributed by atoms with Gasteiger partial charge in [-0.25, -0.2) is 5.01 Å². The number of carbonyl (C=O) groups excluding carboxylic acids is 1. The Balaban J connectivity index is 1.39. The van der Waals surface area contributed by atoms with Crippen molar-refractivity contribution in [1.29, 1.82) is 0 Å². The van der Waals surface area contributed by atoms with E-state index in [1.165, 1.54) is 25.0 Å². The molecule has 2 heterocycles. The standard InChI is InChI=1S/C24H42N2O4Si/c1-24(2,3)31(4,5)30-15-12-26-23(27)19(11-14-29-20-8-6-7-13-28-20)21-17-9-10-18(16-17)22(21)25-26/h17-21H,6-16H2,1-5H3. The number of hydrogen-bond acceptors (Lipinski definition) is 5. The van der Waals surface area contributed by atoms with Crippen LogP contribution in [0, 0.1) is 23.7 Å². The maximum atomic E-state index is 13.5. The molecule has 2 saturated carbocycles. The molecule has 0 aromatic rings. The Morgan fingerprint density at radius 2 is 1.97 bits per heavy atom. The smallest absolute Gasteiger partial charge is 0.246 e. The van der Waals surface area contributed by atoms with Crippen molar-refractivity contribution in [3.05, 3.63) is 0 Å². The SMILES string of the molecule is CC(C)(C)[Si](C)(C)OCCN1N=C2C3CCC(C3)C2C(CCOC2CCCCO2)C1=O. The molecule has 7 heteroatoms. The molecule has 2 bridgehead atoms. The molecule has 176 valence electrons. The van der Waals surface area contributed by atoms with Gasteiger partial charge in [0, 0.05) is 18.2 Å². The molecule has 0 spiro atoms. The van der Waals surface area contributed by atoms with Crippen molar-refractivity contribution in [3.63, 3.8) is 0 Å². The highest BCUT2D eigenvalue weighted by molar-refractivity contribution is 6.74. The maximum Gasteiger partial charge on any atom is 0.246 e. The monoisotopic (exact) mass is 450 g/mol. The third-order valence-corrected chi connectivity index (χ3v) is 13.0. The van der Waals surface area contributed by atoms with E-state index in [9.17, 15) is 4.79 Å². The number of rotatable bonds is 8. The molecule has 0 aromatic carbocycles. The number of ether oxygens (including phenoxy) is 2. The molecule has 2 aliphatic heterocycles. The largest absolute Gasteiger partial charge is 0.415 e. The number of hydrogen-bond donors (Lipinski definition) is 0. The van der Waals surface area contributed by atoms with Crippen LogP contribution in [0.1, 0.15) is 65.7 Å². The normalized spacial score (nSPS) is 33.6. The van der Waals surface area contributed by atoms with Gasteiger partial charge >= 0.3 is 0 Å². The molecule has 0 N–H and O–H groups in total. The summed E-state index contributed by atoms with van der Waals surface area (Å²) in [6.07, 6.45) is 7.64. The summed E-state index contributed by atoms with van der Waals surface area (Å²) in [6, 6.07) is 0. The molecule has 4 aliphatic rings. The van der Waals surface area contributed by atoms with Gasteiger partial charge in [0.25, 0.3) is 0 Å². The number of amides is 1. The summed E-state index contributed by atoms with van der Waals surface area (Å²) >= 11 is 0. The van der Waals surface area contributed by atoms with Gasteiger partial charge in [-0.05, 0) is 74.9 Å². The van der Waals surface area contributed by atoms with E-state index in [1.807, 2.05) is 0 Å². The van der Waals surface area contributed by atoms with Crippen molar-refractivity contribution in [2.24, 2.45) is 28.8 Å². The lowest BCUT2D eigenvalue weighted by Gasteiger charge is -2.39. The predicted octanol–water partition coefficient (Wildman–Crippen LogP) is 4.80. The lowest BCUT2D eigenvalue weighted by atomic mass is 9.75. The van der Waals surface area contributed by atoms with Crippen LogP contribution in [0.5, 0.6) is 0 Å². The van der Waals surface area contributed by atoms with Crippen LogP contribution < -0.4 is 0 Å². The zero-order chi connectivity index (χ0) is 22.2. The van der Waals surface area contributed by atoms with Crippen LogP contribution in [0.25, 0.3) is 0 Å². The van der Waals surface area contributed by atoms with Crippen molar-refractivity contribution < 1.29 is 18.7 Å². The topological polar surface area (TPSA) is 60.4 Å². The fraction of sp³-hybridized carbons (Fsp3) is 0.917. The number of nitrogens with zero attached hydrogens (tertiary/aromatic N) is 2. The van der Waals surface area contributed by atoms with Gasteiger partial charge in [0.1, 0.15) is 0 Å². The molecular formula is C24H42N2O4Si. The number of fused-ring (bicyclic) bond motifs is 5. The van der Waals surface area contributed by atoms with E-state index in [0.717, 1.165) is 32.3 Å². The minimum absolute atomic E-state index is 0.000684. The molecular weight excluding hydrogens is 408 g/mol. The van der Waals surface area contributed by atoms with Crippen LogP contribution in [0.3, 0.4) is 0 Å². The summed E-state index contributed by atoms with van der Waals surface area (Å²) in [4.78, 5) is 13.5. The van der Waals surface area contributed by atoms with Crippen molar-refractivity contribution in [3.8, 4) is 0 Å². The molecule has 1 amide bonds. The van der Waals surface area contributed by atoms with Crippen LogP contribution in [-0.2, 0) is 18.7 Å². The lowest BCUT2D eigenvalue weighted by molar-refractivity contribution is -0.167.